The molecule has 186 valence electrons. The smallest absolute Gasteiger partial charge is 0.404 e. The van der Waals surface area contributed by atoms with Gasteiger partial charge in [0.05, 0.1) is 11.4 Å². The summed E-state index contributed by atoms with van der Waals surface area (Å²) in [6.07, 6.45) is -1.10. The average Bonchev–Trinajstić information content (AvgIpc) is 3.19. The van der Waals surface area contributed by atoms with Gasteiger partial charge in [-0.25, -0.2) is 23.0 Å². The molecule has 0 saturated carbocycles. The summed E-state index contributed by atoms with van der Waals surface area (Å²) in [5, 5.41) is 12.7. The molecule has 1 aromatic rings. The van der Waals surface area contributed by atoms with Crippen molar-refractivity contribution in [1.82, 2.24) is 19.9 Å². The van der Waals surface area contributed by atoms with Crippen molar-refractivity contribution < 1.29 is 37.4 Å². The zero-order valence-corrected chi connectivity index (χ0v) is 19.7. The molecule has 18 heteroatoms. The van der Waals surface area contributed by atoms with Gasteiger partial charge in [-0.1, -0.05) is 0 Å². The molecule has 3 amide bonds. The van der Waals surface area contributed by atoms with Gasteiger partial charge in [-0.3, -0.25) is 14.5 Å². The highest BCUT2D eigenvalue weighted by atomic mass is 32.2. The van der Waals surface area contributed by atoms with E-state index in [0.29, 0.717) is 0 Å². The topological polar surface area (TPSA) is 250 Å². The number of carbonyl (C=O) groups is 4. The summed E-state index contributed by atoms with van der Waals surface area (Å²) in [6.45, 7) is -0.600. The number of fused-ring (bicyclic) bond motifs is 1. The molecule has 0 bridgehead atoms. The number of nitrogen functional groups attached to an aromatic ring is 1. The van der Waals surface area contributed by atoms with Crippen LogP contribution < -0.4 is 27.2 Å². The van der Waals surface area contributed by atoms with Crippen molar-refractivity contribution in [3.05, 3.63) is 22.3 Å². The van der Waals surface area contributed by atoms with Gasteiger partial charge in [-0.2, -0.15) is 4.72 Å². The van der Waals surface area contributed by atoms with Crippen LogP contribution in [0.3, 0.4) is 0 Å². The number of rotatable bonds is 10. The van der Waals surface area contributed by atoms with Crippen LogP contribution in [-0.2, 0) is 29.1 Å². The van der Waals surface area contributed by atoms with Gasteiger partial charge in [0.2, 0.25) is 15.9 Å². The molecule has 3 heterocycles. The predicted octanol–water partition coefficient (Wildman–Crippen LogP) is -2.52. The molecule has 9 N–H and O–H groups in total. The lowest BCUT2D eigenvalue weighted by Crippen LogP contribution is -2.71. The fourth-order valence-corrected chi connectivity index (χ4v) is 6.20. The molecule has 3 atom stereocenters. The van der Waals surface area contributed by atoms with Crippen LogP contribution in [0.15, 0.2) is 16.7 Å². The maximum atomic E-state index is 13.0. The Morgan fingerprint density at radius 3 is 2.65 bits per heavy atom. The van der Waals surface area contributed by atoms with E-state index in [4.69, 9.17) is 17.2 Å². The highest BCUT2D eigenvalue weighted by molar-refractivity contribution is 8.00. The highest BCUT2D eigenvalue weighted by Crippen LogP contribution is 2.40. The molecule has 34 heavy (non-hydrogen) atoms. The largest absolute Gasteiger partial charge is 0.477 e. The number of thiazole rings is 1. The number of nitrogens with two attached hydrogens (primary N) is 3. The molecule has 2 aliphatic heterocycles. The first kappa shape index (κ1) is 25.7. The van der Waals surface area contributed by atoms with Crippen molar-refractivity contribution in [2.24, 2.45) is 11.5 Å². The number of ether oxygens (including phenoxy) is 1. The quantitative estimate of drug-likeness (QED) is 0.170. The van der Waals surface area contributed by atoms with Gasteiger partial charge in [0.25, 0.3) is 5.91 Å². The van der Waals surface area contributed by atoms with Gasteiger partial charge in [-0.15, -0.1) is 23.1 Å². The number of carboxylic acid groups (broad SMARTS) is 1. The lowest BCUT2D eigenvalue weighted by molar-refractivity contribution is -0.151. The number of hydrogen-bond donors (Lipinski definition) is 6. The number of hydrogen-bond acceptors (Lipinski definition) is 12. The minimum absolute atomic E-state index is 0.0255. The van der Waals surface area contributed by atoms with Crippen LogP contribution in [0, 0.1) is 0 Å². The van der Waals surface area contributed by atoms with Gasteiger partial charge in [0.15, 0.2) is 5.13 Å². The molecule has 0 spiro atoms. The molecule has 3 rings (SSSR count). The molecule has 0 radical (unpaired) electrons. The predicted molar refractivity (Wildman–Crippen MR) is 120 cm³/mol. The third-order valence-electron chi connectivity index (χ3n) is 4.72. The molecule has 1 aromatic heterocycles. The van der Waals surface area contributed by atoms with E-state index in [9.17, 15) is 32.7 Å². The van der Waals surface area contributed by atoms with E-state index in [2.05, 4.69) is 19.8 Å². The second-order valence-electron chi connectivity index (χ2n) is 7.03. The fourth-order valence-electron chi connectivity index (χ4n) is 3.26. The number of thioether (sulfide) groups is 1. The summed E-state index contributed by atoms with van der Waals surface area (Å²) < 4.78 is 31.3. The third kappa shape index (κ3) is 5.41. The van der Waals surface area contributed by atoms with E-state index >= 15 is 0 Å². The van der Waals surface area contributed by atoms with Gasteiger partial charge < -0.3 is 32.4 Å². The molecule has 1 saturated heterocycles. The molecule has 15 nitrogen and oxygen atoms in total. The Labute approximate surface area is 201 Å². The first-order valence-corrected chi connectivity index (χ1v) is 13.1. The van der Waals surface area contributed by atoms with Crippen LogP contribution in [0.1, 0.15) is 11.7 Å². The van der Waals surface area contributed by atoms with Crippen LogP contribution >= 0.6 is 23.1 Å². The number of anilines is 1. The number of carbonyl (C=O) groups excluding carboxylic acids is 3. The van der Waals surface area contributed by atoms with Crippen LogP contribution in [0.25, 0.3) is 0 Å². The lowest BCUT2D eigenvalue weighted by Gasteiger charge is -2.49. The first-order valence-electron chi connectivity index (χ1n) is 9.48. The number of aliphatic carboxylic acids is 1. The summed E-state index contributed by atoms with van der Waals surface area (Å²) in [6, 6.07) is -2.63. The van der Waals surface area contributed by atoms with E-state index in [1.54, 1.807) is 0 Å². The maximum absolute atomic E-state index is 13.0. The number of carboxylic acids is 1. The fraction of sp³-hybridized carbons (Fsp3) is 0.438. The van der Waals surface area contributed by atoms with E-state index in [1.165, 1.54) is 5.38 Å². The van der Waals surface area contributed by atoms with Gasteiger partial charge in [0, 0.05) is 23.3 Å². The third-order valence-corrected chi connectivity index (χ3v) is 8.12. The normalized spacial score (nSPS) is 20.9. The standard InChI is InChI=1S/C16H21N7O8S3/c17-1-2-34(29,30)22-8(7-5-33-15(18)20-7)11(24)21-9-12(25)23-10(14(26)27)6(3-31-16(19)28)4-32-13(9)23/h5,8-9,13,22H,1-4,17H2,(H2,18,20)(H2,19,28)(H,21,24)(H,26,27)/t8-,9+,13+/m0/s1. The Kier molecular flexibility index (Phi) is 7.66. The first-order chi connectivity index (χ1) is 15.9. The Hall–Kier alpha value is -2.93. The average molecular weight is 536 g/mol. The zero-order chi connectivity index (χ0) is 25.2. The molecular formula is C16H21N7O8S3. The van der Waals surface area contributed by atoms with Gasteiger partial charge in [-0.05, 0) is 0 Å². The number of sulfonamides is 1. The second kappa shape index (κ2) is 10.1. The minimum Gasteiger partial charge on any atom is -0.477 e. The van der Waals surface area contributed by atoms with Gasteiger partial charge >= 0.3 is 12.1 Å². The molecule has 0 unspecified atom stereocenters. The summed E-state index contributed by atoms with van der Waals surface area (Å²) in [7, 11) is -3.97. The summed E-state index contributed by atoms with van der Waals surface area (Å²) in [5.74, 6) is -3.40. The van der Waals surface area contributed by atoms with Crippen molar-refractivity contribution in [1.29, 1.82) is 0 Å². The van der Waals surface area contributed by atoms with E-state index in [1.807, 2.05) is 0 Å². The van der Waals surface area contributed by atoms with Crippen LogP contribution in [-0.4, -0.2) is 83.4 Å². The Bertz CT molecular complexity index is 1150. The Morgan fingerprint density at radius 2 is 2.09 bits per heavy atom. The van der Waals surface area contributed by atoms with E-state index < -0.39 is 63.7 Å². The monoisotopic (exact) mass is 535 g/mol. The van der Waals surface area contributed by atoms with E-state index in [0.717, 1.165) is 28.0 Å². The zero-order valence-electron chi connectivity index (χ0n) is 17.3. The van der Waals surface area contributed by atoms with Crippen molar-refractivity contribution >= 4 is 62.1 Å². The Balaban J connectivity index is 1.80. The van der Waals surface area contributed by atoms with Crippen molar-refractivity contribution in [2.75, 3.05) is 30.4 Å². The number of nitrogens with zero attached hydrogens (tertiary/aromatic N) is 2. The minimum atomic E-state index is -3.97. The highest BCUT2D eigenvalue weighted by Gasteiger charge is 2.54. The summed E-state index contributed by atoms with van der Waals surface area (Å²) in [4.78, 5) is 53.3. The molecule has 1 fully saturated rings. The van der Waals surface area contributed by atoms with Crippen LogP contribution in [0.4, 0.5) is 9.93 Å². The number of amides is 3. The number of primary amides is 1. The molecule has 0 aliphatic carbocycles. The number of β-lactam (4-membered cyclic amide) rings is 1. The second-order valence-corrected chi connectivity index (χ2v) is 10.9. The summed E-state index contributed by atoms with van der Waals surface area (Å²) >= 11 is 2.12. The van der Waals surface area contributed by atoms with Crippen molar-refractivity contribution in [3.63, 3.8) is 0 Å². The lowest BCUT2D eigenvalue weighted by atomic mass is 10.0. The maximum Gasteiger partial charge on any atom is 0.404 e. The number of aromatic nitrogens is 1. The van der Waals surface area contributed by atoms with Crippen LogP contribution in [0.2, 0.25) is 0 Å². The molecule has 0 aromatic carbocycles. The molecule has 2 aliphatic rings. The molecular weight excluding hydrogens is 514 g/mol. The Morgan fingerprint density at radius 1 is 1.38 bits per heavy atom. The van der Waals surface area contributed by atoms with Gasteiger partial charge in [0.1, 0.15) is 29.8 Å². The van der Waals surface area contributed by atoms with E-state index in [-0.39, 0.29) is 34.4 Å². The number of nitrogens with one attached hydrogen (secondary N) is 2. The summed E-state index contributed by atoms with van der Waals surface area (Å²) in [5.41, 5.74) is 15.6. The SMILES string of the molecule is NCCS(=O)(=O)N[C@H](C(=O)N[C@@H]1C(=O)N2C(C(=O)O)=C(COC(N)=O)CS[C@H]12)c1csc(N)n1. The van der Waals surface area contributed by atoms with Crippen molar-refractivity contribution in [2.45, 2.75) is 17.5 Å². The van der Waals surface area contributed by atoms with Crippen LogP contribution in [0.5, 0.6) is 0 Å². The van der Waals surface area contributed by atoms with Crippen molar-refractivity contribution in [3.8, 4) is 0 Å².